The van der Waals surface area contributed by atoms with Gasteiger partial charge in [0.1, 0.15) is 12.4 Å². The zero-order valence-electron chi connectivity index (χ0n) is 19.9. The molecule has 1 N–H and O–H groups in total. The number of hydrogen-bond donors (Lipinski definition) is 1. The van der Waals surface area contributed by atoms with E-state index in [1.807, 2.05) is 83.4 Å². The summed E-state index contributed by atoms with van der Waals surface area (Å²) in [6.07, 6.45) is 2.48. The number of hydrogen-bond acceptors (Lipinski definition) is 7. The summed E-state index contributed by atoms with van der Waals surface area (Å²) in [6, 6.07) is 25.1. The molecule has 1 amide bonds. The molecule has 0 spiro atoms. The van der Waals surface area contributed by atoms with Gasteiger partial charge in [-0.15, -0.1) is 21.5 Å². The monoisotopic (exact) mass is 625 g/mol. The Hall–Kier alpha value is -3.18. The predicted octanol–water partition coefficient (Wildman–Crippen LogP) is 7.04. The lowest BCUT2D eigenvalue weighted by atomic mass is 10.1. The third-order valence-electron chi connectivity index (χ3n) is 5.30. The van der Waals surface area contributed by atoms with Crippen LogP contribution in [0.1, 0.15) is 16.3 Å². The van der Waals surface area contributed by atoms with Gasteiger partial charge in [0, 0.05) is 32.7 Å². The van der Waals surface area contributed by atoms with Crippen molar-refractivity contribution in [3.05, 3.63) is 111 Å². The van der Waals surface area contributed by atoms with Gasteiger partial charge < -0.3 is 10.1 Å². The predicted molar refractivity (Wildman–Crippen MR) is 156 cm³/mol. The quantitative estimate of drug-likeness (QED) is 0.168. The first-order valence-electron chi connectivity index (χ1n) is 11.5. The SMILES string of the molecule is O=C(CSc1nnc(COc2ccc(Br)cc2)n1-c1ccccc1)Nc1ncc(Cc2cccc(Cl)c2)s1. The second-order valence-corrected chi connectivity index (χ2v) is 11.5. The number of para-hydroxylation sites is 1. The molecular formula is C27H21BrClN5O2S2. The minimum atomic E-state index is -0.172. The number of nitrogens with one attached hydrogen (secondary N) is 1. The number of carbonyl (C=O) groups is 1. The Morgan fingerprint density at radius 1 is 1.05 bits per heavy atom. The largest absolute Gasteiger partial charge is 0.486 e. The molecule has 0 bridgehead atoms. The molecule has 0 saturated heterocycles. The second kappa shape index (κ2) is 12.6. The maximum absolute atomic E-state index is 12.7. The summed E-state index contributed by atoms with van der Waals surface area (Å²) < 4.78 is 8.81. The summed E-state index contributed by atoms with van der Waals surface area (Å²) in [6.45, 7) is 0.227. The van der Waals surface area contributed by atoms with Gasteiger partial charge in [0.2, 0.25) is 5.91 Å². The van der Waals surface area contributed by atoms with E-state index in [2.05, 4.69) is 36.4 Å². The fourth-order valence-electron chi connectivity index (χ4n) is 3.58. The van der Waals surface area contributed by atoms with E-state index in [0.29, 0.717) is 27.6 Å². The average molecular weight is 627 g/mol. The van der Waals surface area contributed by atoms with Crippen molar-refractivity contribution in [1.82, 2.24) is 19.7 Å². The van der Waals surface area contributed by atoms with Crippen molar-refractivity contribution in [1.29, 1.82) is 0 Å². The molecule has 0 aliphatic heterocycles. The summed E-state index contributed by atoms with van der Waals surface area (Å²) in [7, 11) is 0. The molecule has 0 aliphatic carbocycles. The number of nitrogens with zero attached hydrogens (tertiary/aromatic N) is 4. The Morgan fingerprint density at radius 2 is 1.87 bits per heavy atom. The van der Waals surface area contributed by atoms with Gasteiger partial charge in [-0.3, -0.25) is 9.36 Å². The second-order valence-electron chi connectivity index (χ2n) is 8.09. The first kappa shape index (κ1) is 26.4. The van der Waals surface area contributed by atoms with Crippen LogP contribution >= 0.6 is 50.6 Å². The zero-order chi connectivity index (χ0) is 26.3. The van der Waals surface area contributed by atoms with Crippen LogP contribution in [-0.4, -0.2) is 31.4 Å². The number of aromatic nitrogens is 4. The van der Waals surface area contributed by atoms with Crippen LogP contribution in [0.3, 0.4) is 0 Å². The topological polar surface area (TPSA) is 81.9 Å². The summed E-state index contributed by atoms with van der Waals surface area (Å²) in [5, 5.41) is 13.4. The lowest BCUT2D eigenvalue weighted by Gasteiger charge is -2.11. The number of amides is 1. The summed E-state index contributed by atoms with van der Waals surface area (Å²) >= 11 is 12.3. The lowest BCUT2D eigenvalue weighted by molar-refractivity contribution is -0.113. The van der Waals surface area contributed by atoms with Gasteiger partial charge in [-0.25, -0.2) is 4.98 Å². The number of thioether (sulfide) groups is 1. The Morgan fingerprint density at radius 3 is 2.66 bits per heavy atom. The molecule has 2 aromatic heterocycles. The molecule has 0 fully saturated rings. The Balaban J connectivity index is 1.23. The Kier molecular flexibility index (Phi) is 8.75. The lowest BCUT2D eigenvalue weighted by Crippen LogP contribution is -2.14. The average Bonchev–Trinajstić information content (AvgIpc) is 3.54. The highest BCUT2D eigenvalue weighted by Gasteiger charge is 2.17. The molecule has 11 heteroatoms. The summed E-state index contributed by atoms with van der Waals surface area (Å²) in [5.41, 5.74) is 1.98. The molecule has 38 heavy (non-hydrogen) atoms. The number of benzene rings is 3. The van der Waals surface area contributed by atoms with Crippen molar-refractivity contribution in [2.45, 2.75) is 18.2 Å². The molecule has 0 atom stereocenters. The summed E-state index contributed by atoms with van der Waals surface area (Å²) in [4.78, 5) is 18.1. The number of carbonyl (C=O) groups excluding carboxylic acids is 1. The molecule has 192 valence electrons. The minimum Gasteiger partial charge on any atom is -0.486 e. The van der Waals surface area contributed by atoms with Crippen LogP contribution in [0.4, 0.5) is 5.13 Å². The first-order valence-corrected chi connectivity index (χ1v) is 14.5. The normalized spacial score (nSPS) is 10.9. The van der Waals surface area contributed by atoms with E-state index in [4.69, 9.17) is 16.3 Å². The van der Waals surface area contributed by atoms with E-state index in [-0.39, 0.29) is 18.3 Å². The minimum absolute atomic E-state index is 0.155. The van der Waals surface area contributed by atoms with Crippen LogP contribution in [0.2, 0.25) is 5.02 Å². The fourth-order valence-corrected chi connectivity index (χ4v) is 5.69. The van der Waals surface area contributed by atoms with Crippen molar-refractivity contribution >= 4 is 61.7 Å². The molecule has 2 heterocycles. The summed E-state index contributed by atoms with van der Waals surface area (Å²) in [5.74, 6) is 1.34. The molecule has 0 radical (unpaired) electrons. The molecule has 7 nitrogen and oxygen atoms in total. The highest BCUT2D eigenvalue weighted by molar-refractivity contribution is 9.10. The highest BCUT2D eigenvalue weighted by atomic mass is 79.9. The molecule has 0 saturated carbocycles. The zero-order valence-corrected chi connectivity index (χ0v) is 23.9. The van der Waals surface area contributed by atoms with Gasteiger partial charge in [0.25, 0.3) is 0 Å². The van der Waals surface area contributed by atoms with Crippen molar-refractivity contribution in [2.75, 3.05) is 11.1 Å². The Bertz CT molecular complexity index is 1530. The van der Waals surface area contributed by atoms with Gasteiger partial charge in [0.15, 0.2) is 16.1 Å². The number of halogens is 2. The maximum atomic E-state index is 12.7. The standard InChI is InChI=1S/C27H21BrClN5O2S2/c28-19-9-11-22(12-10-19)36-16-24-32-33-27(34(24)21-7-2-1-3-8-21)37-17-25(35)31-26-30-15-23(38-26)14-18-5-4-6-20(29)13-18/h1-13,15H,14,16-17H2,(H,30,31,35). The molecule has 0 unspecified atom stereocenters. The highest BCUT2D eigenvalue weighted by Crippen LogP contribution is 2.26. The molecule has 5 rings (SSSR count). The van der Waals surface area contributed by atoms with Crippen LogP contribution < -0.4 is 10.1 Å². The van der Waals surface area contributed by atoms with Crippen molar-refractivity contribution in [2.24, 2.45) is 0 Å². The third-order valence-corrected chi connectivity index (χ3v) is 7.90. The van der Waals surface area contributed by atoms with Crippen molar-refractivity contribution in [3.63, 3.8) is 0 Å². The van der Waals surface area contributed by atoms with Crippen molar-refractivity contribution < 1.29 is 9.53 Å². The van der Waals surface area contributed by atoms with Crippen LogP contribution in [0.5, 0.6) is 5.75 Å². The molecule has 5 aromatic rings. The Labute approximate surface area is 241 Å². The van der Waals surface area contributed by atoms with Crippen LogP contribution in [-0.2, 0) is 17.8 Å². The number of thiazole rings is 1. The third kappa shape index (κ3) is 7.02. The van der Waals surface area contributed by atoms with E-state index in [0.717, 1.165) is 26.4 Å². The fraction of sp³-hybridized carbons (Fsp3) is 0.111. The van der Waals surface area contributed by atoms with Gasteiger partial charge >= 0.3 is 0 Å². The van der Waals surface area contributed by atoms with Crippen LogP contribution in [0, 0.1) is 0 Å². The van der Waals surface area contributed by atoms with E-state index in [9.17, 15) is 4.79 Å². The number of rotatable bonds is 10. The maximum Gasteiger partial charge on any atom is 0.236 e. The molecule has 0 aliphatic rings. The number of anilines is 1. The van der Waals surface area contributed by atoms with Crippen LogP contribution in [0.25, 0.3) is 5.69 Å². The van der Waals surface area contributed by atoms with E-state index in [1.54, 1.807) is 6.20 Å². The van der Waals surface area contributed by atoms with Crippen LogP contribution in [0.15, 0.2) is 94.7 Å². The van der Waals surface area contributed by atoms with Gasteiger partial charge in [0.05, 0.1) is 5.75 Å². The van der Waals surface area contributed by atoms with E-state index < -0.39 is 0 Å². The smallest absolute Gasteiger partial charge is 0.236 e. The molecular weight excluding hydrogens is 606 g/mol. The van der Waals surface area contributed by atoms with Gasteiger partial charge in [-0.2, -0.15) is 0 Å². The van der Waals surface area contributed by atoms with Gasteiger partial charge in [-0.05, 0) is 54.1 Å². The first-order chi connectivity index (χ1) is 18.5. The molecule has 3 aromatic carbocycles. The van der Waals surface area contributed by atoms with E-state index in [1.165, 1.54) is 23.1 Å². The van der Waals surface area contributed by atoms with Crippen molar-refractivity contribution in [3.8, 4) is 11.4 Å². The number of ether oxygens (including phenoxy) is 1. The van der Waals surface area contributed by atoms with Gasteiger partial charge in [-0.1, -0.05) is 69.6 Å². The van der Waals surface area contributed by atoms with E-state index >= 15 is 0 Å².